The van der Waals surface area contributed by atoms with Crippen LogP contribution >= 0.6 is 0 Å². The zero-order valence-corrected chi connectivity index (χ0v) is 22.2. The summed E-state index contributed by atoms with van der Waals surface area (Å²) in [5.74, 6) is 0.437. The number of carbonyl (C=O) groups is 2. The molecule has 39 heavy (non-hydrogen) atoms. The molecule has 1 fully saturated rings. The number of hydrogen-bond donors (Lipinski definition) is 0. The van der Waals surface area contributed by atoms with Crippen LogP contribution in [-0.4, -0.2) is 66.6 Å². The lowest BCUT2D eigenvalue weighted by Gasteiger charge is -2.34. The Morgan fingerprint density at radius 2 is 1.41 bits per heavy atom. The van der Waals surface area contributed by atoms with Gasteiger partial charge in [-0.1, -0.05) is 36.4 Å². The van der Waals surface area contributed by atoms with E-state index in [4.69, 9.17) is 9.47 Å². The van der Waals surface area contributed by atoms with Crippen molar-refractivity contribution in [3.05, 3.63) is 102 Å². The van der Waals surface area contributed by atoms with E-state index >= 15 is 0 Å². The SMILES string of the molecule is COc1ccc(-n2c(-c3ccccc3)cc(C(=O)N3CCN(C(=O)c4cccc(F)c4)CC3)c2C)cc1OC. The van der Waals surface area contributed by atoms with Crippen LogP contribution in [0, 0.1) is 12.7 Å². The number of hydrogen-bond acceptors (Lipinski definition) is 4. The van der Waals surface area contributed by atoms with E-state index in [1.807, 2.05) is 66.1 Å². The van der Waals surface area contributed by atoms with Gasteiger partial charge in [0.2, 0.25) is 0 Å². The zero-order valence-electron chi connectivity index (χ0n) is 22.2. The lowest BCUT2D eigenvalue weighted by atomic mass is 10.1. The van der Waals surface area contributed by atoms with E-state index in [1.165, 1.54) is 18.2 Å². The molecule has 0 spiro atoms. The molecule has 0 radical (unpaired) electrons. The summed E-state index contributed by atoms with van der Waals surface area (Å²) in [6.45, 7) is 3.47. The Morgan fingerprint density at radius 3 is 2.05 bits per heavy atom. The molecule has 1 aliphatic heterocycles. The van der Waals surface area contributed by atoms with E-state index < -0.39 is 5.82 Å². The number of aromatic nitrogens is 1. The Morgan fingerprint density at radius 1 is 0.744 bits per heavy atom. The van der Waals surface area contributed by atoms with Gasteiger partial charge in [0, 0.05) is 49.2 Å². The average molecular weight is 528 g/mol. The van der Waals surface area contributed by atoms with Gasteiger partial charge in [0.05, 0.1) is 25.5 Å². The molecular formula is C31H30FN3O4. The molecule has 1 aliphatic rings. The van der Waals surface area contributed by atoms with Gasteiger partial charge in [-0.05, 0) is 48.9 Å². The number of nitrogens with zero attached hydrogens (tertiary/aromatic N) is 3. The Hall–Kier alpha value is -4.59. The lowest BCUT2D eigenvalue weighted by Crippen LogP contribution is -2.50. The first-order valence-corrected chi connectivity index (χ1v) is 12.8. The summed E-state index contributed by atoms with van der Waals surface area (Å²) in [6, 6.07) is 23.2. The van der Waals surface area contributed by atoms with Gasteiger partial charge in [-0.15, -0.1) is 0 Å². The van der Waals surface area contributed by atoms with Gasteiger partial charge < -0.3 is 23.8 Å². The van der Waals surface area contributed by atoms with Crippen molar-refractivity contribution in [2.75, 3.05) is 40.4 Å². The maximum absolute atomic E-state index is 13.8. The number of amides is 2. The maximum atomic E-state index is 13.8. The summed E-state index contributed by atoms with van der Waals surface area (Å²) in [5.41, 5.74) is 4.39. The van der Waals surface area contributed by atoms with Gasteiger partial charge in [0.1, 0.15) is 5.82 Å². The molecule has 200 valence electrons. The number of rotatable bonds is 6. The molecule has 1 aromatic heterocycles. The summed E-state index contributed by atoms with van der Waals surface area (Å²) in [7, 11) is 3.19. The maximum Gasteiger partial charge on any atom is 0.255 e. The van der Waals surface area contributed by atoms with E-state index in [2.05, 4.69) is 0 Å². The average Bonchev–Trinajstić information content (AvgIpc) is 3.33. The third kappa shape index (κ3) is 5.10. The summed E-state index contributed by atoms with van der Waals surface area (Å²) in [5, 5.41) is 0. The first-order chi connectivity index (χ1) is 18.9. The van der Waals surface area contributed by atoms with Gasteiger partial charge in [-0.3, -0.25) is 9.59 Å². The second-order valence-electron chi connectivity index (χ2n) is 9.36. The largest absolute Gasteiger partial charge is 0.493 e. The monoisotopic (exact) mass is 527 g/mol. The van der Waals surface area contributed by atoms with Gasteiger partial charge in [-0.2, -0.15) is 0 Å². The normalized spacial score (nSPS) is 13.3. The molecule has 7 nitrogen and oxygen atoms in total. The zero-order chi connectivity index (χ0) is 27.5. The molecule has 4 aromatic rings. The first kappa shape index (κ1) is 26.0. The molecule has 0 bridgehead atoms. The second kappa shape index (κ2) is 11.0. The fourth-order valence-corrected chi connectivity index (χ4v) is 5.03. The standard InChI is InChI=1S/C31H30FN3O4/c1-21-26(31(37)34-16-14-33(15-17-34)30(36)23-10-7-11-24(32)18-23)20-27(22-8-5-4-6-9-22)35(21)25-12-13-28(38-2)29(19-25)39-3/h4-13,18-20H,14-17H2,1-3H3. The topological polar surface area (TPSA) is 64.0 Å². The molecule has 8 heteroatoms. The number of piperazine rings is 1. The molecule has 2 amide bonds. The molecule has 2 heterocycles. The van der Waals surface area contributed by atoms with E-state index in [-0.39, 0.29) is 11.8 Å². The molecular weight excluding hydrogens is 497 g/mol. The molecule has 0 unspecified atom stereocenters. The van der Waals surface area contributed by atoms with E-state index in [0.717, 1.165) is 22.6 Å². The third-order valence-corrected chi connectivity index (χ3v) is 7.10. The van der Waals surface area contributed by atoms with Crippen molar-refractivity contribution < 1.29 is 23.5 Å². The summed E-state index contributed by atoms with van der Waals surface area (Å²) in [4.78, 5) is 30.1. The lowest BCUT2D eigenvalue weighted by molar-refractivity contribution is 0.0535. The molecule has 0 N–H and O–H groups in total. The Balaban J connectivity index is 1.44. The number of halogens is 1. The highest BCUT2D eigenvalue weighted by atomic mass is 19.1. The van der Waals surface area contributed by atoms with Crippen LogP contribution < -0.4 is 9.47 Å². The van der Waals surface area contributed by atoms with Crippen molar-refractivity contribution in [1.82, 2.24) is 14.4 Å². The molecule has 0 saturated carbocycles. The molecule has 0 atom stereocenters. The van der Waals surface area contributed by atoms with Crippen LogP contribution in [-0.2, 0) is 0 Å². The molecule has 0 aliphatic carbocycles. The minimum atomic E-state index is -0.446. The van der Waals surface area contributed by atoms with Crippen LogP contribution in [0.5, 0.6) is 11.5 Å². The first-order valence-electron chi connectivity index (χ1n) is 12.8. The predicted octanol–water partition coefficient (Wildman–Crippen LogP) is 5.21. The van der Waals surface area contributed by atoms with Crippen molar-refractivity contribution in [1.29, 1.82) is 0 Å². The summed E-state index contributed by atoms with van der Waals surface area (Å²) < 4.78 is 26.6. The van der Waals surface area contributed by atoms with E-state index in [0.29, 0.717) is 48.8 Å². The quantitative estimate of drug-likeness (QED) is 0.346. The minimum absolute atomic E-state index is 0.0956. The van der Waals surface area contributed by atoms with Crippen LogP contribution in [0.1, 0.15) is 26.4 Å². The fourth-order valence-electron chi connectivity index (χ4n) is 5.03. The number of ether oxygens (including phenoxy) is 2. The third-order valence-electron chi connectivity index (χ3n) is 7.10. The van der Waals surface area contributed by atoms with Gasteiger partial charge in [0.15, 0.2) is 11.5 Å². The Labute approximate surface area is 227 Å². The smallest absolute Gasteiger partial charge is 0.255 e. The highest BCUT2D eigenvalue weighted by Crippen LogP contribution is 2.35. The fraction of sp³-hybridized carbons (Fsp3) is 0.226. The van der Waals surface area contributed by atoms with E-state index in [1.54, 1.807) is 30.1 Å². The number of carbonyl (C=O) groups excluding carboxylic acids is 2. The van der Waals surface area contributed by atoms with E-state index in [9.17, 15) is 14.0 Å². The van der Waals surface area contributed by atoms with Crippen LogP contribution in [0.4, 0.5) is 4.39 Å². The van der Waals surface area contributed by atoms with Crippen LogP contribution in [0.2, 0.25) is 0 Å². The summed E-state index contributed by atoms with van der Waals surface area (Å²) in [6.07, 6.45) is 0. The summed E-state index contributed by atoms with van der Waals surface area (Å²) >= 11 is 0. The Kier molecular flexibility index (Phi) is 7.36. The van der Waals surface area contributed by atoms with Crippen molar-refractivity contribution in [2.45, 2.75) is 6.92 Å². The molecule has 1 saturated heterocycles. The van der Waals surface area contributed by atoms with Crippen LogP contribution in [0.3, 0.4) is 0 Å². The highest BCUT2D eigenvalue weighted by molar-refractivity contribution is 5.98. The highest BCUT2D eigenvalue weighted by Gasteiger charge is 2.29. The van der Waals surface area contributed by atoms with Gasteiger partial charge in [-0.25, -0.2) is 4.39 Å². The molecule has 3 aromatic carbocycles. The van der Waals surface area contributed by atoms with Crippen molar-refractivity contribution in [3.8, 4) is 28.4 Å². The van der Waals surface area contributed by atoms with Crippen LogP contribution in [0.25, 0.3) is 16.9 Å². The van der Waals surface area contributed by atoms with Gasteiger partial charge >= 0.3 is 0 Å². The van der Waals surface area contributed by atoms with Crippen LogP contribution in [0.15, 0.2) is 78.9 Å². The second-order valence-corrected chi connectivity index (χ2v) is 9.36. The number of benzene rings is 3. The minimum Gasteiger partial charge on any atom is -0.493 e. The predicted molar refractivity (Wildman–Crippen MR) is 147 cm³/mol. The van der Waals surface area contributed by atoms with Gasteiger partial charge in [0.25, 0.3) is 11.8 Å². The number of methoxy groups -OCH3 is 2. The Bertz CT molecular complexity index is 1510. The molecule has 5 rings (SSSR count). The van der Waals surface area contributed by atoms with Crippen molar-refractivity contribution in [3.63, 3.8) is 0 Å². The van der Waals surface area contributed by atoms with Crippen molar-refractivity contribution in [2.24, 2.45) is 0 Å². The van der Waals surface area contributed by atoms with Crippen molar-refractivity contribution >= 4 is 11.8 Å².